The fraction of sp³-hybridized carbons (Fsp3) is 0.556. The van der Waals surface area contributed by atoms with E-state index in [4.69, 9.17) is 4.74 Å². The quantitative estimate of drug-likeness (QED) is 0.943. The van der Waals surface area contributed by atoms with Crippen LogP contribution in [-0.2, 0) is 11.3 Å². The lowest BCUT2D eigenvalue weighted by Gasteiger charge is -2.36. The zero-order valence-corrected chi connectivity index (χ0v) is 13.4. The minimum absolute atomic E-state index is 0.217. The molecule has 1 spiro atoms. The summed E-state index contributed by atoms with van der Waals surface area (Å²) < 4.78 is 7.82. The van der Waals surface area contributed by atoms with Gasteiger partial charge < -0.3 is 10.1 Å². The van der Waals surface area contributed by atoms with Crippen molar-refractivity contribution in [2.24, 2.45) is 0 Å². The second-order valence-electron chi connectivity index (χ2n) is 6.78. The molecule has 1 aliphatic heterocycles. The van der Waals surface area contributed by atoms with Gasteiger partial charge in [0.2, 0.25) is 0 Å². The Morgan fingerprint density at radius 2 is 2.00 bits per heavy atom. The number of nitrogens with one attached hydrogen (secondary N) is 1. The van der Waals surface area contributed by atoms with Crippen LogP contribution in [0, 0.1) is 0 Å². The van der Waals surface area contributed by atoms with Gasteiger partial charge in [-0.3, -0.25) is 0 Å². The van der Waals surface area contributed by atoms with Crippen LogP contribution in [0.25, 0.3) is 5.69 Å². The predicted molar refractivity (Wildman–Crippen MR) is 88.4 cm³/mol. The smallest absolute Gasteiger partial charge is 0.0969 e. The maximum absolute atomic E-state index is 5.99. The summed E-state index contributed by atoms with van der Waals surface area (Å²) in [7, 11) is 0. The van der Waals surface area contributed by atoms with Crippen LogP contribution in [0.2, 0.25) is 0 Å². The Kier molecular flexibility index (Phi) is 4.14. The van der Waals surface area contributed by atoms with Crippen molar-refractivity contribution in [2.45, 2.75) is 56.7 Å². The van der Waals surface area contributed by atoms with Crippen molar-refractivity contribution in [2.75, 3.05) is 6.61 Å². The zero-order chi connectivity index (χ0) is 15.5. The van der Waals surface area contributed by atoms with Crippen molar-refractivity contribution < 1.29 is 4.74 Å². The standard InChI is InChI=1S/C18H24N4O/c1-2-5-17(6-3-1)22-14-16(20-21-22)13-19-15-7-10-18(11-8-15)9-4-12-23-18/h1-3,5-6,14-15,19H,4,7-13H2. The molecule has 122 valence electrons. The summed E-state index contributed by atoms with van der Waals surface area (Å²) in [6.45, 7) is 1.74. The summed E-state index contributed by atoms with van der Waals surface area (Å²) in [5.74, 6) is 0. The van der Waals surface area contributed by atoms with Crippen molar-refractivity contribution >= 4 is 0 Å². The molecule has 2 aliphatic rings. The SMILES string of the molecule is c1ccc(-n2cc(CNC3CCC4(CCCO4)CC3)nn2)cc1. The molecule has 4 rings (SSSR count). The molecule has 1 aromatic heterocycles. The summed E-state index contributed by atoms with van der Waals surface area (Å²) in [4.78, 5) is 0. The second-order valence-corrected chi connectivity index (χ2v) is 6.78. The Morgan fingerprint density at radius 1 is 1.17 bits per heavy atom. The van der Waals surface area contributed by atoms with Gasteiger partial charge in [-0.05, 0) is 50.7 Å². The van der Waals surface area contributed by atoms with Gasteiger partial charge in [-0.1, -0.05) is 23.4 Å². The highest BCUT2D eigenvalue weighted by atomic mass is 16.5. The molecule has 0 atom stereocenters. The lowest BCUT2D eigenvalue weighted by molar-refractivity contribution is -0.0302. The zero-order valence-electron chi connectivity index (χ0n) is 13.4. The molecule has 0 radical (unpaired) electrons. The Morgan fingerprint density at radius 3 is 2.74 bits per heavy atom. The van der Waals surface area contributed by atoms with E-state index in [0.29, 0.717) is 6.04 Å². The number of benzene rings is 1. The van der Waals surface area contributed by atoms with E-state index in [-0.39, 0.29) is 5.60 Å². The van der Waals surface area contributed by atoms with Gasteiger partial charge in [0.15, 0.2) is 0 Å². The Balaban J connectivity index is 1.29. The molecule has 0 bridgehead atoms. The molecule has 1 N–H and O–H groups in total. The number of hydrogen-bond donors (Lipinski definition) is 1. The number of nitrogens with zero attached hydrogens (tertiary/aromatic N) is 3. The van der Waals surface area contributed by atoms with Crippen LogP contribution in [-0.4, -0.2) is 33.2 Å². The van der Waals surface area contributed by atoms with Gasteiger partial charge in [0, 0.05) is 19.2 Å². The molecule has 1 aliphatic carbocycles. The van der Waals surface area contributed by atoms with E-state index in [0.717, 1.165) is 24.5 Å². The highest BCUT2D eigenvalue weighted by Crippen LogP contribution is 2.39. The minimum atomic E-state index is 0.217. The van der Waals surface area contributed by atoms with Gasteiger partial charge in [-0.2, -0.15) is 0 Å². The van der Waals surface area contributed by atoms with E-state index in [1.54, 1.807) is 0 Å². The normalized spacial score (nSPS) is 27.6. The first-order valence-corrected chi connectivity index (χ1v) is 8.67. The average molecular weight is 312 g/mol. The van der Waals surface area contributed by atoms with Crippen LogP contribution in [0.5, 0.6) is 0 Å². The third-order valence-electron chi connectivity index (χ3n) is 5.22. The number of rotatable bonds is 4. The number of para-hydroxylation sites is 1. The maximum Gasteiger partial charge on any atom is 0.0969 e. The molecule has 1 saturated carbocycles. The monoisotopic (exact) mass is 312 g/mol. The van der Waals surface area contributed by atoms with E-state index in [1.165, 1.54) is 38.5 Å². The first-order chi connectivity index (χ1) is 11.3. The topological polar surface area (TPSA) is 52.0 Å². The van der Waals surface area contributed by atoms with Gasteiger partial charge in [-0.25, -0.2) is 4.68 Å². The van der Waals surface area contributed by atoms with E-state index >= 15 is 0 Å². The molecule has 0 unspecified atom stereocenters. The highest BCUT2D eigenvalue weighted by Gasteiger charge is 2.38. The number of hydrogen-bond acceptors (Lipinski definition) is 4. The second kappa shape index (κ2) is 6.42. The Hall–Kier alpha value is -1.72. The van der Waals surface area contributed by atoms with Crippen molar-refractivity contribution in [3.63, 3.8) is 0 Å². The minimum Gasteiger partial charge on any atom is -0.375 e. The molecule has 1 saturated heterocycles. The van der Waals surface area contributed by atoms with Crippen molar-refractivity contribution in [1.29, 1.82) is 0 Å². The van der Waals surface area contributed by atoms with E-state index in [1.807, 2.05) is 41.2 Å². The maximum atomic E-state index is 5.99. The third kappa shape index (κ3) is 3.31. The van der Waals surface area contributed by atoms with Gasteiger partial charge in [0.25, 0.3) is 0 Å². The average Bonchev–Trinajstić information content (AvgIpc) is 3.25. The van der Waals surface area contributed by atoms with E-state index < -0.39 is 0 Å². The fourth-order valence-electron chi connectivity index (χ4n) is 3.83. The van der Waals surface area contributed by atoms with Gasteiger partial charge in [0.05, 0.1) is 23.2 Å². The first-order valence-electron chi connectivity index (χ1n) is 8.67. The number of ether oxygens (including phenoxy) is 1. The van der Waals surface area contributed by atoms with Gasteiger partial charge in [0.1, 0.15) is 0 Å². The van der Waals surface area contributed by atoms with Crippen LogP contribution < -0.4 is 5.32 Å². The molecular weight excluding hydrogens is 288 g/mol. The molecule has 5 nitrogen and oxygen atoms in total. The molecular formula is C18H24N4O. The third-order valence-corrected chi connectivity index (χ3v) is 5.22. The molecule has 23 heavy (non-hydrogen) atoms. The highest BCUT2D eigenvalue weighted by molar-refractivity contribution is 5.29. The lowest BCUT2D eigenvalue weighted by atomic mass is 9.80. The van der Waals surface area contributed by atoms with Gasteiger partial charge >= 0.3 is 0 Å². The molecule has 5 heteroatoms. The largest absolute Gasteiger partial charge is 0.375 e. The van der Waals surface area contributed by atoms with E-state index in [2.05, 4.69) is 15.6 Å². The van der Waals surface area contributed by atoms with Crippen LogP contribution in [0.1, 0.15) is 44.2 Å². The summed E-state index contributed by atoms with van der Waals surface area (Å²) in [6, 6.07) is 10.7. The Bertz CT molecular complexity index is 623. The molecule has 2 aromatic rings. The molecule has 2 heterocycles. The van der Waals surface area contributed by atoms with Crippen LogP contribution in [0.3, 0.4) is 0 Å². The predicted octanol–water partition coefficient (Wildman–Crippen LogP) is 2.85. The van der Waals surface area contributed by atoms with Crippen LogP contribution >= 0.6 is 0 Å². The fourth-order valence-corrected chi connectivity index (χ4v) is 3.83. The van der Waals surface area contributed by atoms with E-state index in [9.17, 15) is 0 Å². The summed E-state index contributed by atoms with van der Waals surface area (Å²) in [5, 5.41) is 12.1. The van der Waals surface area contributed by atoms with Crippen LogP contribution in [0.15, 0.2) is 36.5 Å². The molecule has 1 aromatic carbocycles. The van der Waals surface area contributed by atoms with Gasteiger partial charge in [-0.15, -0.1) is 5.10 Å². The van der Waals surface area contributed by atoms with Crippen molar-refractivity contribution in [3.8, 4) is 5.69 Å². The van der Waals surface area contributed by atoms with Crippen LogP contribution in [0.4, 0.5) is 0 Å². The summed E-state index contributed by atoms with van der Waals surface area (Å²) in [5.41, 5.74) is 2.25. The van der Waals surface area contributed by atoms with Crippen molar-refractivity contribution in [3.05, 3.63) is 42.2 Å². The first kappa shape index (κ1) is 14.8. The summed E-state index contributed by atoms with van der Waals surface area (Å²) >= 11 is 0. The molecule has 0 amide bonds. The summed E-state index contributed by atoms with van der Waals surface area (Å²) in [6.07, 6.45) is 9.29. The van der Waals surface area contributed by atoms with Crippen molar-refractivity contribution in [1.82, 2.24) is 20.3 Å². The molecule has 2 fully saturated rings. The Labute approximate surface area is 137 Å². The number of aromatic nitrogens is 3. The lowest BCUT2D eigenvalue weighted by Crippen LogP contribution is -2.40.